The van der Waals surface area contributed by atoms with Crippen molar-refractivity contribution in [3.8, 4) is 5.75 Å². The fourth-order valence-electron chi connectivity index (χ4n) is 2.75. The Kier molecular flexibility index (Phi) is 5.49. The molecular weight excluding hydrogens is 260 g/mol. The molecule has 106 valence electrons. The van der Waals surface area contributed by atoms with Gasteiger partial charge in [-0.05, 0) is 63.6 Å². The molecule has 1 fully saturated rings. The summed E-state index contributed by atoms with van der Waals surface area (Å²) < 4.78 is 5.41. The lowest BCUT2D eigenvalue weighted by Crippen LogP contribution is -2.36. The molecule has 0 amide bonds. The van der Waals surface area contributed by atoms with Crippen LogP contribution in [0.2, 0.25) is 5.02 Å². The maximum absolute atomic E-state index is 6.07. The molecule has 0 aromatic heterocycles. The van der Waals surface area contributed by atoms with Crippen LogP contribution in [0.15, 0.2) is 18.2 Å². The minimum atomic E-state index is 0.779. The van der Waals surface area contributed by atoms with Gasteiger partial charge in [0.25, 0.3) is 0 Å². The minimum Gasteiger partial charge on any atom is -0.496 e. The molecule has 0 spiro atoms. The van der Waals surface area contributed by atoms with Crippen molar-refractivity contribution in [3.63, 3.8) is 0 Å². The molecule has 3 nitrogen and oxygen atoms in total. The highest BCUT2D eigenvalue weighted by Gasteiger charge is 2.19. The van der Waals surface area contributed by atoms with E-state index in [1.54, 1.807) is 7.11 Å². The molecule has 19 heavy (non-hydrogen) atoms. The first kappa shape index (κ1) is 14.6. The summed E-state index contributed by atoms with van der Waals surface area (Å²) >= 11 is 6.07. The quantitative estimate of drug-likeness (QED) is 0.899. The number of rotatable bonds is 5. The van der Waals surface area contributed by atoms with Gasteiger partial charge in [0.05, 0.1) is 7.11 Å². The molecule has 0 bridgehead atoms. The highest BCUT2D eigenvalue weighted by atomic mass is 35.5. The Morgan fingerprint density at radius 3 is 2.74 bits per heavy atom. The van der Waals surface area contributed by atoms with Crippen LogP contribution in [0.25, 0.3) is 0 Å². The number of nitrogens with zero attached hydrogens (tertiary/aromatic N) is 1. The number of ether oxygens (including phenoxy) is 1. The smallest absolute Gasteiger partial charge is 0.123 e. The topological polar surface area (TPSA) is 24.5 Å². The van der Waals surface area contributed by atoms with Gasteiger partial charge in [-0.25, -0.2) is 0 Å². The van der Waals surface area contributed by atoms with Gasteiger partial charge < -0.3 is 10.1 Å². The molecule has 1 heterocycles. The first-order valence-corrected chi connectivity index (χ1v) is 7.30. The number of hydrogen-bond donors (Lipinski definition) is 1. The maximum Gasteiger partial charge on any atom is 0.123 e. The molecule has 1 aliphatic heterocycles. The second-order valence-electron chi connectivity index (χ2n) is 5.23. The Morgan fingerprint density at radius 2 is 2.11 bits per heavy atom. The molecule has 1 aliphatic rings. The Morgan fingerprint density at radius 1 is 1.37 bits per heavy atom. The van der Waals surface area contributed by atoms with Gasteiger partial charge in [0.15, 0.2) is 0 Å². The number of methoxy groups -OCH3 is 1. The van der Waals surface area contributed by atoms with E-state index < -0.39 is 0 Å². The summed E-state index contributed by atoms with van der Waals surface area (Å²) in [5, 5.41) is 4.05. The summed E-state index contributed by atoms with van der Waals surface area (Å²) in [5.41, 5.74) is 1.18. The molecule has 2 rings (SSSR count). The highest BCUT2D eigenvalue weighted by molar-refractivity contribution is 6.30. The van der Waals surface area contributed by atoms with Crippen LogP contribution in [-0.4, -0.2) is 38.7 Å². The van der Waals surface area contributed by atoms with Crippen LogP contribution in [0.3, 0.4) is 0 Å². The van der Waals surface area contributed by atoms with Crippen LogP contribution in [-0.2, 0) is 6.54 Å². The maximum atomic E-state index is 6.07. The van der Waals surface area contributed by atoms with E-state index >= 15 is 0 Å². The van der Waals surface area contributed by atoms with Gasteiger partial charge in [0, 0.05) is 17.1 Å². The van der Waals surface area contributed by atoms with Crippen LogP contribution < -0.4 is 10.1 Å². The Labute approximate surface area is 120 Å². The standard InChI is InChI=1S/C15H23ClN2O/c1-17-10-12-5-7-18(8-6-12)11-13-9-14(16)3-4-15(13)19-2/h3-4,9,12,17H,5-8,10-11H2,1-2H3. The summed E-state index contributed by atoms with van der Waals surface area (Å²) in [4.78, 5) is 2.49. The highest BCUT2D eigenvalue weighted by Crippen LogP contribution is 2.26. The number of hydrogen-bond acceptors (Lipinski definition) is 3. The van der Waals surface area contributed by atoms with E-state index in [-0.39, 0.29) is 0 Å². The van der Waals surface area contributed by atoms with Crippen LogP contribution in [0.5, 0.6) is 5.75 Å². The lowest BCUT2D eigenvalue weighted by atomic mass is 9.96. The molecule has 1 N–H and O–H groups in total. The third-order valence-corrected chi connectivity index (χ3v) is 4.07. The van der Waals surface area contributed by atoms with Crippen molar-refractivity contribution in [2.75, 3.05) is 33.8 Å². The van der Waals surface area contributed by atoms with Gasteiger partial charge in [-0.2, -0.15) is 0 Å². The van der Waals surface area contributed by atoms with E-state index in [1.807, 2.05) is 25.2 Å². The second-order valence-corrected chi connectivity index (χ2v) is 5.67. The zero-order valence-electron chi connectivity index (χ0n) is 11.8. The fraction of sp³-hybridized carbons (Fsp3) is 0.600. The van der Waals surface area contributed by atoms with Crippen molar-refractivity contribution in [1.29, 1.82) is 0 Å². The lowest BCUT2D eigenvalue weighted by molar-refractivity contribution is 0.175. The molecule has 0 aliphatic carbocycles. The summed E-state index contributed by atoms with van der Waals surface area (Å²) in [7, 11) is 3.75. The molecule has 0 unspecified atom stereocenters. The Hall–Kier alpha value is -0.770. The third-order valence-electron chi connectivity index (χ3n) is 3.84. The predicted octanol–water partition coefficient (Wildman–Crippen LogP) is 2.78. The second kappa shape index (κ2) is 7.13. The molecule has 0 atom stereocenters. The monoisotopic (exact) mass is 282 g/mol. The Bertz CT molecular complexity index is 403. The molecule has 1 aromatic carbocycles. The van der Waals surface area contributed by atoms with E-state index in [1.165, 1.54) is 18.4 Å². The average Bonchev–Trinajstić information content (AvgIpc) is 2.42. The third kappa shape index (κ3) is 4.10. The fourth-order valence-corrected chi connectivity index (χ4v) is 2.94. The van der Waals surface area contributed by atoms with E-state index in [2.05, 4.69) is 10.2 Å². The number of benzene rings is 1. The summed E-state index contributed by atoms with van der Waals surface area (Å²) in [5.74, 6) is 1.75. The molecule has 0 saturated carbocycles. The van der Waals surface area contributed by atoms with Crippen molar-refractivity contribution in [2.45, 2.75) is 19.4 Å². The van der Waals surface area contributed by atoms with Crippen molar-refractivity contribution in [2.24, 2.45) is 5.92 Å². The first-order chi connectivity index (χ1) is 9.22. The SMILES string of the molecule is CNCC1CCN(Cc2cc(Cl)ccc2OC)CC1. The summed E-state index contributed by atoms with van der Waals surface area (Å²) in [6.45, 7) is 4.37. The number of nitrogens with one attached hydrogen (secondary N) is 1. The van der Waals surface area contributed by atoms with Crippen LogP contribution in [0.1, 0.15) is 18.4 Å². The van der Waals surface area contributed by atoms with Gasteiger partial charge in [-0.15, -0.1) is 0 Å². The lowest BCUT2D eigenvalue weighted by Gasteiger charge is -2.32. The normalized spacial score (nSPS) is 17.6. The van der Waals surface area contributed by atoms with Gasteiger partial charge in [0.2, 0.25) is 0 Å². The van der Waals surface area contributed by atoms with E-state index in [9.17, 15) is 0 Å². The zero-order valence-corrected chi connectivity index (χ0v) is 12.5. The molecular formula is C15H23ClN2O. The summed E-state index contributed by atoms with van der Waals surface area (Å²) in [6, 6.07) is 5.84. The minimum absolute atomic E-state index is 0.779. The van der Waals surface area contributed by atoms with Crippen LogP contribution >= 0.6 is 11.6 Å². The van der Waals surface area contributed by atoms with E-state index in [0.717, 1.165) is 42.9 Å². The van der Waals surface area contributed by atoms with E-state index in [0.29, 0.717) is 0 Å². The Balaban J connectivity index is 1.93. The zero-order chi connectivity index (χ0) is 13.7. The van der Waals surface area contributed by atoms with Crippen molar-refractivity contribution in [3.05, 3.63) is 28.8 Å². The van der Waals surface area contributed by atoms with Gasteiger partial charge in [0.1, 0.15) is 5.75 Å². The molecule has 1 saturated heterocycles. The van der Waals surface area contributed by atoms with E-state index in [4.69, 9.17) is 16.3 Å². The largest absolute Gasteiger partial charge is 0.496 e. The number of likely N-dealkylation sites (tertiary alicyclic amines) is 1. The molecule has 4 heteroatoms. The van der Waals surface area contributed by atoms with Crippen molar-refractivity contribution < 1.29 is 4.74 Å². The summed E-state index contributed by atoms with van der Waals surface area (Å²) in [6.07, 6.45) is 2.54. The van der Waals surface area contributed by atoms with Crippen molar-refractivity contribution >= 4 is 11.6 Å². The molecule has 0 radical (unpaired) electrons. The number of piperidine rings is 1. The van der Waals surface area contributed by atoms with Crippen molar-refractivity contribution in [1.82, 2.24) is 10.2 Å². The molecule has 1 aromatic rings. The number of halogens is 1. The van der Waals surface area contributed by atoms with Gasteiger partial charge in [-0.3, -0.25) is 4.90 Å². The van der Waals surface area contributed by atoms with Crippen LogP contribution in [0, 0.1) is 5.92 Å². The van der Waals surface area contributed by atoms with Gasteiger partial charge >= 0.3 is 0 Å². The van der Waals surface area contributed by atoms with Crippen LogP contribution in [0.4, 0.5) is 0 Å². The predicted molar refractivity (Wildman–Crippen MR) is 79.9 cm³/mol. The first-order valence-electron chi connectivity index (χ1n) is 6.92. The average molecular weight is 283 g/mol. The van der Waals surface area contributed by atoms with Gasteiger partial charge in [-0.1, -0.05) is 11.6 Å².